The van der Waals surface area contributed by atoms with Gasteiger partial charge in [0, 0.05) is 5.56 Å². The summed E-state index contributed by atoms with van der Waals surface area (Å²) in [4.78, 5) is 16.4. The minimum atomic E-state index is -4.78. The minimum Gasteiger partial charge on any atom is -0.323 e. The number of hydrogen-bond acceptors (Lipinski definition) is 4. The fourth-order valence-corrected chi connectivity index (χ4v) is 3.52. The maximum Gasteiger partial charge on any atom is 0.417 e. The van der Waals surface area contributed by atoms with Crippen LogP contribution in [0, 0.1) is 24.1 Å². The van der Waals surface area contributed by atoms with Crippen LogP contribution in [0.25, 0.3) is 11.3 Å². The van der Waals surface area contributed by atoms with E-state index in [0.717, 1.165) is 11.6 Å². The molecule has 1 heterocycles. The van der Waals surface area contributed by atoms with Crippen LogP contribution in [0.1, 0.15) is 16.7 Å². The van der Waals surface area contributed by atoms with Gasteiger partial charge in [0.25, 0.3) is 0 Å². The Hall–Kier alpha value is -3.38. The average Bonchev–Trinajstić information content (AvgIpc) is 2.73. The van der Waals surface area contributed by atoms with Gasteiger partial charge in [-0.05, 0) is 25.1 Å². The molecule has 0 unspecified atom stereocenters. The van der Waals surface area contributed by atoms with Gasteiger partial charge in [-0.25, -0.2) is 9.37 Å². The van der Waals surface area contributed by atoms with Gasteiger partial charge in [-0.15, -0.1) is 0 Å². The second-order valence-electron chi connectivity index (χ2n) is 6.53. The fraction of sp³-hybridized carbons (Fsp3) is 0.136. The Morgan fingerprint density at radius 3 is 2.45 bits per heavy atom. The molecule has 0 atom stereocenters. The summed E-state index contributed by atoms with van der Waals surface area (Å²) in [6.07, 6.45) is -4.78. The predicted octanol–water partition coefficient (Wildman–Crippen LogP) is 5.82. The lowest BCUT2D eigenvalue weighted by atomic mass is 10.0. The van der Waals surface area contributed by atoms with Crippen LogP contribution in [0.3, 0.4) is 0 Å². The third-order valence-corrected chi connectivity index (χ3v) is 5.21. The molecule has 0 radical (unpaired) electrons. The Balaban J connectivity index is 1.93. The Labute approximate surface area is 179 Å². The van der Waals surface area contributed by atoms with Gasteiger partial charge in [-0.2, -0.15) is 18.4 Å². The summed E-state index contributed by atoms with van der Waals surface area (Å²) >= 11 is 0.679. The quantitative estimate of drug-likeness (QED) is 0.397. The molecule has 0 fully saturated rings. The third-order valence-electron chi connectivity index (χ3n) is 4.24. The SMILES string of the molecule is Cc1ccc(-c2cc(C(F)(F)F)c(C#N)c(SCC(=O)Nc3ccccc3F)n2)cc1. The zero-order valence-corrected chi connectivity index (χ0v) is 16.9. The van der Waals surface area contributed by atoms with E-state index in [4.69, 9.17) is 0 Å². The molecule has 158 valence electrons. The summed E-state index contributed by atoms with van der Waals surface area (Å²) in [5.41, 5.74) is -0.440. The largest absolute Gasteiger partial charge is 0.417 e. The monoisotopic (exact) mass is 445 g/mol. The molecule has 4 nitrogen and oxygen atoms in total. The van der Waals surface area contributed by atoms with Crippen molar-refractivity contribution >= 4 is 23.4 Å². The van der Waals surface area contributed by atoms with Gasteiger partial charge < -0.3 is 5.32 Å². The van der Waals surface area contributed by atoms with Crippen molar-refractivity contribution in [2.24, 2.45) is 0 Å². The van der Waals surface area contributed by atoms with Crippen molar-refractivity contribution in [1.29, 1.82) is 5.26 Å². The smallest absolute Gasteiger partial charge is 0.323 e. The molecule has 0 saturated heterocycles. The number of pyridine rings is 1. The van der Waals surface area contributed by atoms with Crippen LogP contribution < -0.4 is 5.32 Å². The molecule has 31 heavy (non-hydrogen) atoms. The van der Waals surface area contributed by atoms with E-state index in [0.29, 0.717) is 17.3 Å². The summed E-state index contributed by atoms with van der Waals surface area (Å²) in [5, 5.41) is 11.5. The molecule has 9 heteroatoms. The number of nitrogens with zero attached hydrogens (tertiary/aromatic N) is 2. The first-order valence-corrected chi connectivity index (χ1v) is 9.94. The summed E-state index contributed by atoms with van der Waals surface area (Å²) in [5.74, 6) is -1.64. The highest BCUT2D eigenvalue weighted by atomic mass is 32.2. The molecule has 0 aliphatic heterocycles. The summed E-state index contributed by atoms with van der Waals surface area (Å²) in [6, 6.07) is 14.6. The lowest BCUT2D eigenvalue weighted by Gasteiger charge is -2.14. The number of nitrogens with one attached hydrogen (secondary N) is 1. The Kier molecular flexibility index (Phi) is 6.61. The predicted molar refractivity (Wildman–Crippen MR) is 110 cm³/mol. The van der Waals surface area contributed by atoms with Crippen LogP contribution in [0.2, 0.25) is 0 Å². The number of aryl methyl sites for hydroxylation is 1. The van der Waals surface area contributed by atoms with Crippen molar-refractivity contribution in [2.75, 3.05) is 11.1 Å². The normalized spacial score (nSPS) is 11.1. The van der Waals surface area contributed by atoms with Gasteiger partial charge in [0.05, 0.1) is 28.3 Å². The lowest BCUT2D eigenvalue weighted by molar-refractivity contribution is -0.138. The standard InChI is InChI=1S/C22H15F4N3OS/c1-13-6-8-14(9-7-13)19-10-16(22(24,25)26)15(11-27)21(29-19)31-12-20(30)28-18-5-3-2-4-17(18)23/h2-10H,12H2,1H3,(H,28,30). The number of carbonyl (C=O) groups excluding carboxylic acids is 1. The van der Waals surface area contributed by atoms with E-state index in [-0.39, 0.29) is 22.2 Å². The van der Waals surface area contributed by atoms with Crippen molar-refractivity contribution in [3.63, 3.8) is 0 Å². The van der Waals surface area contributed by atoms with E-state index in [2.05, 4.69) is 10.3 Å². The molecule has 2 aromatic carbocycles. The number of thioether (sulfide) groups is 1. The molecule has 3 rings (SSSR count). The first-order chi connectivity index (χ1) is 14.7. The summed E-state index contributed by atoms with van der Waals surface area (Å²) in [7, 11) is 0. The summed E-state index contributed by atoms with van der Waals surface area (Å²) in [6.45, 7) is 1.84. The van der Waals surface area contributed by atoms with E-state index >= 15 is 0 Å². The van der Waals surface area contributed by atoms with Gasteiger partial charge in [0.1, 0.15) is 16.9 Å². The molecule has 0 aliphatic carbocycles. The van der Waals surface area contributed by atoms with Gasteiger partial charge in [-0.3, -0.25) is 4.79 Å². The van der Waals surface area contributed by atoms with Gasteiger partial charge in [0.2, 0.25) is 5.91 Å². The Bertz CT molecular complexity index is 1150. The van der Waals surface area contributed by atoms with E-state index in [1.165, 1.54) is 24.3 Å². The maximum absolute atomic E-state index is 13.7. The molecule has 0 saturated carbocycles. The number of benzene rings is 2. The van der Waals surface area contributed by atoms with Crippen LogP contribution in [-0.4, -0.2) is 16.6 Å². The van der Waals surface area contributed by atoms with Gasteiger partial charge in [0.15, 0.2) is 0 Å². The molecule has 1 amide bonds. The second-order valence-corrected chi connectivity index (χ2v) is 7.49. The third kappa shape index (κ3) is 5.41. The van der Waals surface area contributed by atoms with E-state index in [1.54, 1.807) is 30.3 Å². The number of anilines is 1. The molecular weight excluding hydrogens is 430 g/mol. The second kappa shape index (κ2) is 9.18. The number of halogens is 4. The van der Waals surface area contributed by atoms with E-state index < -0.39 is 29.0 Å². The molecule has 0 bridgehead atoms. The molecular formula is C22H15F4N3OS. The number of alkyl halides is 3. The maximum atomic E-state index is 13.7. The van der Waals surface area contributed by atoms with Crippen LogP contribution in [0.5, 0.6) is 0 Å². The first-order valence-electron chi connectivity index (χ1n) is 8.95. The van der Waals surface area contributed by atoms with Crippen molar-refractivity contribution in [1.82, 2.24) is 4.98 Å². The van der Waals surface area contributed by atoms with Crippen LogP contribution >= 0.6 is 11.8 Å². The zero-order chi connectivity index (χ0) is 22.6. The number of para-hydroxylation sites is 1. The highest BCUT2D eigenvalue weighted by Gasteiger charge is 2.36. The van der Waals surface area contributed by atoms with Gasteiger partial charge in [-0.1, -0.05) is 53.7 Å². The van der Waals surface area contributed by atoms with Crippen LogP contribution in [0.4, 0.5) is 23.2 Å². The average molecular weight is 445 g/mol. The Morgan fingerprint density at radius 1 is 1.16 bits per heavy atom. The van der Waals surface area contributed by atoms with Crippen molar-refractivity contribution in [3.8, 4) is 17.3 Å². The van der Waals surface area contributed by atoms with Crippen molar-refractivity contribution in [3.05, 3.63) is 77.1 Å². The van der Waals surface area contributed by atoms with Crippen LogP contribution in [-0.2, 0) is 11.0 Å². The van der Waals surface area contributed by atoms with E-state index in [1.807, 2.05) is 6.92 Å². The number of aromatic nitrogens is 1. The number of carbonyl (C=O) groups is 1. The van der Waals surface area contributed by atoms with Crippen molar-refractivity contribution in [2.45, 2.75) is 18.1 Å². The minimum absolute atomic E-state index is 0.0309. The highest BCUT2D eigenvalue weighted by molar-refractivity contribution is 8.00. The molecule has 1 N–H and O–H groups in total. The summed E-state index contributed by atoms with van der Waals surface area (Å²) < 4.78 is 54.5. The fourth-order valence-electron chi connectivity index (χ4n) is 2.71. The first kappa shape index (κ1) is 22.3. The number of rotatable bonds is 5. The topological polar surface area (TPSA) is 65.8 Å². The van der Waals surface area contributed by atoms with E-state index in [9.17, 15) is 27.6 Å². The van der Waals surface area contributed by atoms with Crippen LogP contribution in [0.15, 0.2) is 59.6 Å². The number of hydrogen-bond donors (Lipinski definition) is 1. The molecule has 1 aromatic heterocycles. The number of amides is 1. The number of nitriles is 1. The Morgan fingerprint density at radius 2 is 1.84 bits per heavy atom. The highest BCUT2D eigenvalue weighted by Crippen LogP contribution is 2.38. The lowest BCUT2D eigenvalue weighted by Crippen LogP contribution is -2.16. The van der Waals surface area contributed by atoms with Gasteiger partial charge >= 0.3 is 6.18 Å². The molecule has 0 aliphatic rings. The van der Waals surface area contributed by atoms with Crippen molar-refractivity contribution < 1.29 is 22.4 Å². The zero-order valence-electron chi connectivity index (χ0n) is 16.1. The molecule has 0 spiro atoms. The molecule has 3 aromatic rings.